The number of nitrogens with one attached hydrogen (secondary N) is 1. The average molecular weight is 258 g/mol. The van der Waals surface area contributed by atoms with Gasteiger partial charge in [0.15, 0.2) is 6.10 Å². The molecule has 1 unspecified atom stereocenters. The highest BCUT2D eigenvalue weighted by Crippen LogP contribution is 2.29. The number of ether oxygens (including phenoxy) is 1. The molecule has 0 radical (unpaired) electrons. The van der Waals surface area contributed by atoms with Gasteiger partial charge in [0.25, 0.3) is 5.69 Å². The van der Waals surface area contributed by atoms with Crippen LogP contribution < -0.4 is 10.5 Å². The number of nitrogens with two attached hydrogens (primary N) is 1. The highest BCUT2D eigenvalue weighted by atomic mass is 35.5. The van der Waals surface area contributed by atoms with E-state index in [1.54, 1.807) is 0 Å². The molecule has 0 aliphatic heterocycles. The molecule has 0 amide bonds. The van der Waals surface area contributed by atoms with Crippen LogP contribution in [0.1, 0.15) is 13.3 Å². The van der Waals surface area contributed by atoms with Gasteiger partial charge >= 0.3 is 0 Å². The van der Waals surface area contributed by atoms with Crippen LogP contribution >= 0.6 is 11.6 Å². The quantitative estimate of drug-likeness (QED) is 0.366. The summed E-state index contributed by atoms with van der Waals surface area (Å²) in [5.41, 5.74) is 5.22. The van der Waals surface area contributed by atoms with Crippen LogP contribution in [0.5, 0.6) is 5.75 Å². The second-order valence-electron chi connectivity index (χ2n) is 3.34. The first-order valence-corrected chi connectivity index (χ1v) is 5.28. The zero-order chi connectivity index (χ0) is 13.0. The SMILES string of the molecule is CCC(Oc1ccc([N+](=O)[O-])cc1Cl)C(=N)N. The maximum atomic E-state index is 10.5. The first kappa shape index (κ1) is 13.2. The minimum Gasteiger partial charge on any atom is -0.481 e. The molecule has 6 nitrogen and oxygen atoms in total. The van der Waals surface area contributed by atoms with E-state index in [-0.39, 0.29) is 22.3 Å². The molecule has 0 aliphatic rings. The maximum absolute atomic E-state index is 10.5. The van der Waals surface area contributed by atoms with Crippen molar-refractivity contribution in [3.8, 4) is 5.75 Å². The fourth-order valence-electron chi connectivity index (χ4n) is 1.22. The van der Waals surface area contributed by atoms with Gasteiger partial charge < -0.3 is 10.5 Å². The Morgan fingerprint density at radius 2 is 2.35 bits per heavy atom. The number of amidine groups is 1. The number of nitro benzene ring substituents is 1. The summed E-state index contributed by atoms with van der Waals surface area (Å²) in [6.07, 6.45) is -0.0585. The molecule has 1 aromatic carbocycles. The van der Waals surface area contributed by atoms with Gasteiger partial charge in [0, 0.05) is 12.1 Å². The number of halogens is 1. The lowest BCUT2D eigenvalue weighted by molar-refractivity contribution is -0.384. The maximum Gasteiger partial charge on any atom is 0.271 e. The van der Waals surface area contributed by atoms with E-state index in [4.69, 9.17) is 27.5 Å². The van der Waals surface area contributed by atoms with E-state index in [9.17, 15) is 10.1 Å². The predicted molar refractivity (Wildman–Crippen MR) is 64.7 cm³/mol. The van der Waals surface area contributed by atoms with Crippen molar-refractivity contribution in [3.05, 3.63) is 33.3 Å². The first-order valence-electron chi connectivity index (χ1n) is 4.90. The Morgan fingerprint density at radius 1 is 1.71 bits per heavy atom. The van der Waals surface area contributed by atoms with Gasteiger partial charge in [-0.15, -0.1) is 0 Å². The second kappa shape index (κ2) is 5.49. The van der Waals surface area contributed by atoms with E-state index in [0.29, 0.717) is 6.42 Å². The van der Waals surface area contributed by atoms with Crippen molar-refractivity contribution in [2.75, 3.05) is 0 Å². The number of rotatable bonds is 5. The molecule has 7 heteroatoms. The van der Waals surface area contributed by atoms with Crippen LogP contribution in [0, 0.1) is 15.5 Å². The molecule has 0 aliphatic carbocycles. The van der Waals surface area contributed by atoms with E-state index in [2.05, 4.69) is 0 Å². The normalized spacial score (nSPS) is 11.9. The molecule has 0 heterocycles. The number of non-ortho nitro benzene ring substituents is 1. The van der Waals surface area contributed by atoms with Crippen molar-refractivity contribution in [3.63, 3.8) is 0 Å². The third-order valence-corrected chi connectivity index (χ3v) is 2.41. The van der Waals surface area contributed by atoms with Gasteiger partial charge in [-0.1, -0.05) is 18.5 Å². The van der Waals surface area contributed by atoms with Crippen LogP contribution in [0.3, 0.4) is 0 Å². The topological polar surface area (TPSA) is 102 Å². The first-order chi connectivity index (χ1) is 7.95. The molecule has 0 fully saturated rings. The van der Waals surface area contributed by atoms with Crippen LogP contribution in [0.4, 0.5) is 5.69 Å². The molecule has 92 valence electrons. The van der Waals surface area contributed by atoms with Crippen LogP contribution in [0.2, 0.25) is 5.02 Å². The van der Waals surface area contributed by atoms with Gasteiger partial charge in [-0.3, -0.25) is 15.5 Å². The molecular formula is C10H12ClN3O3. The Kier molecular flexibility index (Phi) is 4.28. The lowest BCUT2D eigenvalue weighted by Crippen LogP contribution is -2.32. The number of nitrogens with zero attached hydrogens (tertiary/aromatic N) is 1. The number of nitro groups is 1. The van der Waals surface area contributed by atoms with Crippen molar-refractivity contribution in [2.45, 2.75) is 19.4 Å². The van der Waals surface area contributed by atoms with E-state index < -0.39 is 11.0 Å². The van der Waals surface area contributed by atoms with Crippen LogP contribution in [0.15, 0.2) is 18.2 Å². The molecule has 1 aromatic rings. The zero-order valence-corrected chi connectivity index (χ0v) is 9.90. The fraction of sp³-hybridized carbons (Fsp3) is 0.300. The lowest BCUT2D eigenvalue weighted by Gasteiger charge is -2.16. The molecule has 17 heavy (non-hydrogen) atoms. The van der Waals surface area contributed by atoms with Gasteiger partial charge in [-0.2, -0.15) is 0 Å². The van der Waals surface area contributed by atoms with Gasteiger partial charge in [0.1, 0.15) is 11.6 Å². The van der Waals surface area contributed by atoms with E-state index in [1.807, 2.05) is 6.92 Å². The summed E-state index contributed by atoms with van der Waals surface area (Å²) in [5.74, 6) is 0.168. The summed E-state index contributed by atoms with van der Waals surface area (Å²) in [6.45, 7) is 1.81. The van der Waals surface area contributed by atoms with Crippen LogP contribution in [-0.2, 0) is 0 Å². The third kappa shape index (κ3) is 3.32. The highest BCUT2D eigenvalue weighted by molar-refractivity contribution is 6.32. The standard InChI is InChI=1S/C10H12ClN3O3/c1-2-8(10(12)13)17-9-4-3-6(14(15)16)5-7(9)11/h3-5,8H,2H2,1H3,(H3,12,13). The molecule has 0 spiro atoms. The Balaban J connectivity index is 2.93. The van der Waals surface area contributed by atoms with Gasteiger partial charge in [-0.05, 0) is 12.5 Å². The minimum absolute atomic E-state index is 0.109. The molecule has 0 saturated heterocycles. The Bertz CT molecular complexity index is 450. The van der Waals surface area contributed by atoms with Gasteiger partial charge in [0.2, 0.25) is 0 Å². The molecule has 0 aromatic heterocycles. The molecule has 0 bridgehead atoms. The number of hydrogen-bond donors (Lipinski definition) is 2. The summed E-state index contributed by atoms with van der Waals surface area (Å²) in [4.78, 5) is 9.96. The Hall–Kier alpha value is -1.82. The Labute approximate surface area is 103 Å². The average Bonchev–Trinajstić information content (AvgIpc) is 2.26. The molecule has 1 rings (SSSR count). The Morgan fingerprint density at radius 3 is 2.76 bits per heavy atom. The van der Waals surface area contributed by atoms with Crippen molar-refractivity contribution in [1.82, 2.24) is 0 Å². The zero-order valence-electron chi connectivity index (χ0n) is 9.14. The summed E-state index contributed by atoms with van der Waals surface area (Å²) in [7, 11) is 0. The van der Waals surface area contributed by atoms with Crippen molar-refractivity contribution in [2.24, 2.45) is 5.73 Å². The predicted octanol–water partition coefficient (Wildman–Crippen LogP) is 2.34. The van der Waals surface area contributed by atoms with Gasteiger partial charge in [0.05, 0.1) is 9.95 Å². The fourth-order valence-corrected chi connectivity index (χ4v) is 1.44. The molecule has 0 saturated carbocycles. The van der Waals surface area contributed by atoms with Crippen molar-refractivity contribution in [1.29, 1.82) is 5.41 Å². The van der Waals surface area contributed by atoms with Crippen molar-refractivity contribution < 1.29 is 9.66 Å². The summed E-state index contributed by atoms with van der Waals surface area (Å²) >= 11 is 5.84. The number of benzene rings is 1. The number of hydrogen-bond acceptors (Lipinski definition) is 4. The molecule has 3 N–H and O–H groups in total. The molecular weight excluding hydrogens is 246 g/mol. The third-order valence-electron chi connectivity index (χ3n) is 2.11. The van der Waals surface area contributed by atoms with Gasteiger partial charge in [-0.25, -0.2) is 0 Å². The van der Waals surface area contributed by atoms with Crippen LogP contribution in [-0.4, -0.2) is 16.9 Å². The monoisotopic (exact) mass is 257 g/mol. The summed E-state index contributed by atoms with van der Waals surface area (Å²) in [5, 5.41) is 17.9. The van der Waals surface area contributed by atoms with E-state index in [1.165, 1.54) is 18.2 Å². The summed E-state index contributed by atoms with van der Waals surface area (Å²) < 4.78 is 5.39. The minimum atomic E-state index is -0.575. The van der Waals surface area contributed by atoms with Crippen LogP contribution in [0.25, 0.3) is 0 Å². The highest BCUT2D eigenvalue weighted by Gasteiger charge is 2.15. The largest absolute Gasteiger partial charge is 0.481 e. The second-order valence-corrected chi connectivity index (χ2v) is 3.75. The summed E-state index contributed by atoms with van der Waals surface area (Å²) in [6, 6.07) is 3.88. The van der Waals surface area contributed by atoms with Crippen molar-refractivity contribution >= 4 is 23.1 Å². The smallest absolute Gasteiger partial charge is 0.271 e. The molecule has 1 atom stereocenters. The lowest BCUT2D eigenvalue weighted by atomic mass is 10.2. The van der Waals surface area contributed by atoms with E-state index in [0.717, 1.165) is 0 Å². The van der Waals surface area contributed by atoms with E-state index >= 15 is 0 Å².